The maximum Gasteiger partial charge on any atom is 0.339 e. The fourth-order valence-electron chi connectivity index (χ4n) is 6.68. The summed E-state index contributed by atoms with van der Waals surface area (Å²) in [6.45, 7) is 10.5. The van der Waals surface area contributed by atoms with E-state index in [0.29, 0.717) is 46.9 Å². The first-order chi connectivity index (χ1) is 19.1. The molecule has 7 nitrogen and oxygen atoms in total. The quantitative estimate of drug-likeness (QED) is 0.312. The fourth-order valence-corrected chi connectivity index (χ4v) is 6.68. The van der Waals surface area contributed by atoms with Crippen LogP contribution in [0.3, 0.4) is 0 Å². The minimum atomic E-state index is -0.758. The lowest BCUT2D eigenvalue weighted by Gasteiger charge is -2.49. The predicted octanol–water partition coefficient (Wildman–Crippen LogP) is 7.01. The number of phenolic OH excluding ortho intramolecular Hbond substituents is 1. The van der Waals surface area contributed by atoms with Crippen LogP contribution in [0.2, 0.25) is 0 Å². The number of allylic oxidation sites excluding steroid dienone is 4. The van der Waals surface area contributed by atoms with Crippen molar-refractivity contribution in [2.24, 2.45) is 11.8 Å². The van der Waals surface area contributed by atoms with Crippen molar-refractivity contribution in [2.75, 3.05) is 7.11 Å². The Morgan fingerprint density at radius 2 is 1.95 bits per heavy atom. The van der Waals surface area contributed by atoms with E-state index in [0.717, 1.165) is 32.1 Å². The average Bonchev–Trinajstić information content (AvgIpc) is 3.29. The standard InChI is InChI=1S/C33H44O7/c1-7-27-21(4)13-14-33(40-27)18-24-17-23(39-33)12-11-20(3)15-19(2)9-8-10-25-28-26(31(35)37-24)16-22(5)29(34)30(28)38-32(25)36-6/h8-11,16,19,21,23-24,27,32,34H,7,12-15,17-18H2,1-6H3/b9-8+,20-11+,25-10-/t19-,21-,23+,24-,27+,32?,33+/m0/s1. The molecule has 0 radical (unpaired) electrons. The minimum absolute atomic E-state index is 0.00456. The summed E-state index contributed by atoms with van der Waals surface area (Å²) in [4.78, 5) is 13.9. The monoisotopic (exact) mass is 552 g/mol. The number of rotatable bonds is 2. The molecule has 1 spiro atoms. The lowest BCUT2D eigenvalue weighted by molar-refractivity contribution is -0.334. The van der Waals surface area contributed by atoms with Crippen molar-refractivity contribution in [3.63, 3.8) is 0 Å². The number of benzene rings is 1. The maximum absolute atomic E-state index is 13.9. The number of phenols is 1. The number of methoxy groups -OCH3 is 1. The van der Waals surface area contributed by atoms with Gasteiger partial charge in [-0.15, -0.1) is 0 Å². The summed E-state index contributed by atoms with van der Waals surface area (Å²) < 4.78 is 31.2. The number of esters is 1. The van der Waals surface area contributed by atoms with Gasteiger partial charge in [-0.25, -0.2) is 4.79 Å². The fraction of sp³-hybridized carbons (Fsp3) is 0.606. The van der Waals surface area contributed by atoms with Gasteiger partial charge in [0.05, 0.1) is 17.8 Å². The normalized spacial score (nSPS) is 37.9. The molecule has 0 aromatic heterocycles. The highest BCUT2D eigenvalue weighted by Crippen LogP contribution is 2.48. The van der Waals surface area contributed by atoms with Gasteiger partial charge in [0, 0.05) is 37.5 Å². The zero-order valence-corrected chi connectivity index (χ0v) is 24.7. The lowest BCUT2D eigenvalue weighted by atomic mass is 9.85. The topological polar surface area (TPSA) is 83.5 Å². The van der Waals surface area contributed by atoms with Crippen LogP contribution in [-0.4, -0.2) is 48.6 Å². The molecule has 40 heavy (non-hydrogen) atoms. The highest BCUT2D eigenvalue weighted by atomic mass is 16.7. The van der Waals surface area contributed by atoms with Crippen molar-refractivity contribution < 1.29 is 33.6 Å². The number of carbonyl (C=O) groups excluding carboxylic acids is 1. The van der Waals surface area contributed by atoms with E-state index in [-0.39, 0.29) is 29.8 Å². The number of ether oxygens (including phenoxy) is 5. The second kappa shape index (κ2) is 11.7. The van der Waals surface area contributed by atoms with Gasteiger partial charge < -0.3 is 28.8 Å². The number of aryl methyl sites for hydroxylation is 1. The first-order valence-corrected chi connectivity index (χ1v) is 14.8. The molecule has 1 aromatic carbocycles. The van der Waals surface area contributed by atoms with E-state index in [4.69, 9.17) is 23.7 Å². The van der Waals surface area contributed by atoms with Gasteiger partial charge in [0.15, 0.2) is 17.3 Å². The second-order valence-electron chi connectivity index (χ2n) is 12.2. The van der Waals surface area contributed by atoms with E-state index in [1.165, 1.54) is 5.57 Å². The van der Waals surface area contributed by atoms with E-state index in [1.54, 1.807) is 20.1 Å². The Kier molecular flexibility index (Phi) is 8.46. The largest absolute Gasteiger partial charge is 0.504 e. The zero-order chi connectivity index (χ0) is 28.6. The van der Waals surface area contributed by atoms with Crippen LogP contribution >= 0.6 is 0 Å². The third-order valence-corrected chi connectivity index (χ3v) is 8.84. The number of aromatic hydroxyl groups is 1. The molecular formula is C33H44O7. The van der Waals surface area contributed by atoms with Gasteiger partial charge in [-0.3, -0.25) is 0 Å². The van der Waals surface area contributed by atoms with Crippen LogP contribution in [0.25, 0.3) is 5.57 Å². The van der Waals surface area contributed by atoms with Gasteiger partial charge in [0.1, 0.15) is 6.10 Å². The summed E-state index contributed by atoms with van der Waals surface area (Å²) in [6.07, 6.45) is 12.7. The molecule has 0 amide bonds. The molecule has 2 bridgehead atoms. The number of hydrogen-bond donors (Lipinski definition) is 1. The van der Waals surface area contributed by atoms with Gasteiger partial charge in [-0.2, -0.15) is 0 Å². The third-order valence-electron chi connectivity index (χ3n) is 8.84. The molecule has 4 heterocycles. The Morgan fingerprint density at radius 3 is 2.70 bits per heavy atom. The molecule has 218 valence electrons. The van der Waals surface area contributed by atoms with Crippen LogP contribution in [0.15, 0.2) is 35.9 Å². The number of hydrogen-bond acceptors (Lipinski definition) is 7. The van der Waals surface area contributed by atoms with Crippen LogP contribution in [0, 0.1) is 18.8 Å². The Bertz CT molecular complexity index is 1210. The Balaban J connectivity index is 1.56. The van der Waals surface area contributed by atoms with E-state index in [9.17, 15) is 9.90 Å². The van der Waals surface area contributed by atoms with Crippen molar-refractivity contribution in [2.45, 2.75) is 110 Å². The van der Waals surface area contributed by atoms with Crippen LogP contribution in [-0.2, 0) is 18.9 Å². The molecule has 4 aliphatic rings. The highest BCUT2D eigenvalue weighted by Gasteiger charge is 2.48. The van der Waals surface area contributed by atoms with Gasteiger partial charge in [0.2, 0.25) is 6.29 Å². The van der Waals surface area contributed by atoms with Crippen LogP contribution in [0.1, 0.15) is 94.1 Å². The summed E-state index contributed by atoms with van der Waals surface area (Å²) in [7, 11) is 1.55. The zero-order valence-electron chi connectivity index (χ0n) is 24.7. The summed E-state index contributed by atoms with van der Waals surface area (Å²) in [6, 6.07) is 1.69. The smallest absolute Gasteiger partial charge is 0.339 e. The Hall–Kier alpha value is -2.61. The molecule has 2 saturated heterocycles. The maximum atomic E-state index is 13.9. The van der Waals surface area contributed by atoms with Crippen LogP contribution < -0.4 is 4.74 Å². The summed E-state index contributed by atoms with van der Waals surface area (Å²) in [5.74, 6) is -0.178. The van der Waals surface area contributed by atoms with Crippen molar-refractivity contribution in [1.82, 2.24) is 0 Å². The molecule has 0 aliphatic carbocycles. The van der Waals surface area contributed by atoms with Gasteiger partial charge in [-0.05, 0) is 63.0 Å². The average molecular weight is 553 g/mol. The van der Waals surface area contributed by atoms with Gasteiger partial charge >= 0.3 is 5.97 Å². The van der Waals surface area contributed by atoms with Gasteiger partial charge in [0.25, 0.3) is 0 Å². The molecular weight excluding hydrogens is 508 g/mol. The molecule has 7 atom stereocenters. The van der Waals surface area contributed by atoms with Crippen LogP contribution in [0.5, 0.6) is 11.5 Å². The molecule has 1 aromatic rings. The van der Waals surface area contributed by atoms with Gasteiger partial charge in [-0.1, -0.05) is 50.6 Å². The SMILES string of the molecule is CC[C@H]1O[C@]2(CC[C@@H]1C)C[C@@H]1C[C@@H](C/C=C(\C)C[C@@H](C)/C=C/C=C3/c4c(cc(C)c(O)c4OC3OC)C(=O)O1)O2. The molecule has 5 rings (SSSR count). The number of fused-ring (bicyclic) bond motifs is 2. The summed E-state index contributed by atoms with van der Waals surface area (Å²) in [5, 5.41) is 10.9. The molecule has 2 fully saturated rings. The first kappa shape index (κ1) is 28.9. The molecule has 0 saturated carbocycles. The van der Waals surface area contributed by atoms with E-state index < -0.39 is 18.0 Å². The summed E-state index contributed by atoms with van der Waals surface area (Å²) in [5.41, 5.74) is 3.40. The van der Waals surface area contributed by atoms with E-state index in [2.05, 4.69) is 39.8 Å². The predicted molar refractivity (Wildman–Crippen MR) is 153 cm³/mol. The van der Waals surface area contributed by atoms with Crippen molar-refractivity contribution in [3.05, 3.63) is 52.6 Å². The molecule has 1 N–H and O–H groups in total. The second-order valence-corrected chi connectivity index (χ2v) is 12.2. The number of carbonyl (C=O) groups is 1. The first-order valence-electron chi connectivity index (χ1n) is 14.8. The van der Waals surface area contributed by atoms with Crippen molar-refractivity contribution in [3.8, 4) is 11.5 Å². The van der Waals surface area contributed by atoms with Crippen LogP contribution in [0.4, 0.5) is 0 Å². The molecule has 1 unspecified atom stereocenters. The Labute approximate surface area is 238 Å². The van der Waals surface area contributed by atoms with E-state index >= 15 is 0 Å². The van der Waals surface area contributed by atoms with Crippen molar-refractivity contribution in [1.29, 1.82) is 0 Å². The minimum Gasteiger partial charge on any atom is -0.504 e. The van der Waals surface area contributed by atoms with Crippen molar-refractivity contribution >= 4 is 11.5 Å². The highest BCUT2D eigenvalue weighted by molar-refractivity contribution is 6.00. The third kappa shape index (κ3) is 5.74. The Morgan fingerprint density at radius 1 is 1.15 bits per heavy atom. The molecule has 7 heteroatoms. The van der Waals surface area contributed by atoms with E-state index in [1.807, 2.05) is 12.2 Å². The summed E-state index contributed by atoms with van der Waals surface area (Å²) >= 11 is 0. The lowest BCUT2D eigenvalue weighted by Crippen LogP contribution is -2.54. The molecule has 4 aliphatic heterocycles.